The molecule has 1 aliphatic carbocycles. The average molecular weight is 845 g/mol. The van der Waals surface area contributed by atoms with Crippen molar-refractivity contribution in [2.24, 2.45) is 0 Å². The molecule has 0 radical (unpaired) electrons. The van der Waals surface area contributed by atoms with Gasteiger partial charge in [0.1, 0.15) is 29.3 Å². The number of carbonyl (C=O) groups is 6. The molecule has 2 aromatic carbocycles. The molecule has 3 aliphatic heterocycles. The fourth-order valence-corrected chi connectivity index (χ4v) is 9.16. The first kappa shape index (κ1) is 42.2. The average Bonchev–Trinajstić information content (AvgIpc) is 4.05. The number of methoxy groups -OCH3 is 1. The summed E-state index contributed by atoms with van der Waals surface area (Å²) < 4.78 is 7.45. The van der Waals surface area contributed by atoms with Crippen LogP contribution in [0.15, 0.2) is 48.8 Å². The van der Waals surface area contributed by atoms with Crippen molar-refractivity contribution in [3.8, 4) is 5.75 Å². The lowest BCUT2D eigenvalue weighted by Crippen LogP contribution is -2.55. The molecule has 1 saturated carbocycles. The largest absolute Gasteiger partial charge is 0.496 e. The SMILES string of the molecule is CC[C@@H]1C(=O)N(C)c2cnc(Cc3ccc(C(=O)CCc4cn(CCCCC(=O)Nc5cccc6c5CN(C5CCC(=O)NC5=O)C6=O)nn4)cc3OC)nc2N1C1CCCC1. The molecule has 4 aliphatic rings. The topological polar surface area (TPSA) is 202 Å². The Morgan fingerprint density at radius 2 is 1.84 bits per heavy atom. The lowest BCUT2D eigenvalue weighted by Gasteiger charge is -2.43. The number of nitrogens with zero attached hydrogens (tertiary/aromatic N) is 8. The highest BCUT2D eigenvalue weighted by Gasteiger charge is 2.42. The van der Waals surface area contributed by atoms with Gasteiger partial charge in [0, 0.05) is 92.4 Å². The van der Waals surface area contributed by atoms with E-state index < -0.39 is 11.9 Å². The number of amides is 5. The van der Waals surface area contributed by atoms with Crippen LogP contribution in [0.3, 0.4) is 0 Å². The Labute approximate surface area is 359 Å². The van der Waals surface area contributed by atoms with Crippen molar-refractivity contribution in [2.45, 2.75) is 122 Å². The summed E-state index contributed by atoms with van der Waals surface area (Å²) in [5, 5.41) is 13.7. The number of ketones is 1. The molecule has 0 spiro atoms. The number of benzene rings is 2. The third-order valence-electron chi connectivity index (χ3n) is 12.5. The molecule has 8 rings (SSSR count). The number of nitrogens with one attached hydrogen (secondary N) is 2. The van der Waals surface area contributed by atoms with Crippen LogP contribution in [0.25, 0.3) is 0 Å². The van der Waals surface area contributed by atoms with Crippen LogP contribution in [0.2, 0.25) is 0 Å². The summed E-state index contributed by atoms with van der Waals surface area (Å²) in [6.07, 6.45) is 11.6. The number of Topliss-reactive ketones (excluding diaryl/α,β-unsaturated/α-hetero) is 1. The highest BCUT2D eigenvalue weighted by Crippen LogP contribution is 2.40. The van der Waals surface area contributed by atoms with Gasteiger partial charge in [-0.2, -0.15) is 0 Å². The van der Waals surface area contributed by atoms with Gasteiger partial charge in [-0.15, -0.1) is 5.10 Å². The number of fused-ring (bicyclic) bond motifs is 2. The van der Waals surface area contributed by atoms with E-state index in [1.807, 2.05) is 19.2 Å². The standard InChI is InChI=1S/C45H52N10O7/c1-4-34-45(61)52(2)36-24-46-39(48-42(36)55(34)30-10-5-6-11-30)23-28-16-15-27(22-38(28)62-3)37(56)19-17-29-25-53(51-50-29)21-8-7-14-40(57)47-33-13-9-12-31-32(33)26-54(44(31)60)35-18-20-41(58)49-43(35)59/h9,12-13,15-16,22,24-25,30,34-35H,4-8,10-11,14,17-21,23,26H2,1-3H3,(H,47,57)(H,49,58,59)/t34-,35?/m1/s1. The molecule has 17 heteroatoms. The van der Waals surface area contributed by atoms with Gasteiger partial charge in [0.05, 0.1) is 19.0 Å². The number of hydrogen-bond acceptors (Lipinski definition) is 12. The van der Waals surface area contributed by atoms with E-state index in [1.165, 1.54) is 4.90 Å². The molecule has 2 fully saturated rings. The number of rotatable bonds is 16. The van der Waals surface area contributed by atoms with E-state index in [2.05, 4.69) is 30.8 Å². The molecule has 17 nitrogen and oxygen atoms in total. The smallest absolute Gasteiger partial charge is 0.255 e. The number of ether oxygens (including phenoxy) is 1. The molecule has 0 bridgehead atoms. The number of carbonyl (C=O) groups excluding carboxylic acids is 6. The van der Waals surface area contributed by atoms with Gasteiger partial charge in [-0.1, -0.05) is 43.2 Å². The molecule has 324 valence electrons. The van der Waals surface area contributed by atoms with Crippen LogP contribution in [0, 0.1) is 0 Å². The highest BCUT2D eigenvalue weighted by molar-refractivity contribution is 6.07. The Hall–Kier alpha value is -6.52. The lowest BCUT2D eigenvalue weighted by atomic mass is 10.0. The monoisotopic (exact) mass is 844 g/mol. The Balaban J connectivity index is 0.808. The molecular formula is C45H52N10O7. The van der Waals surface area contributed by atoms with Crippen LogP contribution in [-0.2, 0) is 45.1 Å². The molecule has 2 N–H and O–H groups in total. The van der Waals surface area contributed by atoms with E-state index in [0.29, 0.717) is 78.3 Å². The molecule has 5 heterocycles. The summed E-state index contributed by atoms with van der Waals surface area (Å²) in [5.41, 5.74) is 4.41. The summed E-state index contributed by atoms with van der Waals surface area (Å²) in [4.78, 5) is 91.8. The third-order valence-corrected chi connectivity index (χ3v) is 12.5. The van der Waals surface area contributed by atoms with Crippen LogP contribution in [0.1, 0.15) is 121 Å². The van der Waals surface area contributed by atoms with Crippen molar-refractivity contribution < 1.29 is 33.5 Å². The molecule has 1 saturated heterocycles. The van der Waals surface area contributed by atoms with Gasteiger partial charge in [-0.25, -0.2) is 9.97 Å². The Kier molecular flexibility index (Phi) is 12.4. The minimum Gasteiger partial charge on any atom is -0.496 e. The van der Waals surface area contributed by atoms with Gasteiger partial charge in [0.15, 0.2) is 11.6 Å². The number of anilines is 3. The van der Waals surface area contributed by atoms with Crippen molar-refractivity contribution in [1.82, 2.24) is 35.2 Å². The van der Waals surface area contributed by atoms with Crippen molar-refractivity contribution in [3.63, 3.8) is 0 Å². The Morgan fingerprint density at radius 1 is 1.02 bits per heavy atom. The Bertz CT molecular complexity index is 2410. The van der Waals surface area contributed by atoms with Crippen molar-refractivity contribution in [1.29, 1.82) is 0 Å². The van der Waals surface area contributed by atoms with Crippen LogP contribution in [0.5, 0.6) is 5.75 Å². The van der Waals surface area contributed by atoms with Gasteiger partial charge in [0.25, 0.3) is 5.91 Å². The predicted molar refractivity (Wildman–Crippen MR) is 228 cm³/mol. The molecular weight excluding hydrogens is 793 g/mol. The predicted octanol–water partition coefficient (Wildman–Crippen LogP) is 4.56. The number of aryl methyl sites for hydroxylation is 2. The number of piperidine rings is 1. The zero-order chi connectivity index (χ0) is 43.5. The zero-order valence-corrected chi connectivity index (χ0v) is 35.4. The summed E-state index contributed by atoms with van der Waals surface area (Å²) in [5.74, 6) is 0.692. The Morgan fingerprint density at radius 3 is 2.61 bits per heavy atom. The van der Waals surface area contributed by atoms with Crippen LogP contribution in [0.4, 0.5) is 17.2 Å². The zero-order valence-electron chi connectivity index (χ0n) is 35.4. The van der Waals surface area contributed by atoms with Crippen molar-refractivity contribution >= 4 is 52.5 Å². The quantitative estimate of drug-likeness (QED) is 0.0907. The molecule has 62 heavy (non-hydrogen) atoms. The van der Waals surface area contributed by atoms with Crippen molar-refractivity contribution in [2.75, 3.05) is 29.3 Å². The number of unbranched alkanes of at least 4 members (excludes halogenated alkanes) is 1. The summed E-state index contributed by atoms with van der Waals surface area (Å²) in [6, 6.07) is 9.86. The van der Waals surface area contributed by atoms with Crippen LogP contribution < -0.4 is 25.2 Å². The van der Waals surface area contributed by atoms with E-state index in [9.17, 15) is 28.8 Å². The van der Waals surface area contributed by atoms with E-state index in [4.69, 9.17) is 9.72 Å². The van der Waals surface area contributed by atoms with E-state index in [0.717, 1.165) is 42.8 Å². The molecule has 5 amide bonds. The third kappa shape index (κ3) is 8.65. The second kappa shape index (κ2) is 18.2. The number of likely N-dealkylation sites (N-methyl/N-ethyl adjacent to an activating group) is 1. The first-order chi connectivity index (χ1) is 30.0. The summed E-state index contributed by atoms with van der Waals surface area (Å²) >= 11 is 0. The van der Waals surface area contributed by atoms with Gasteiger partial charge in [-0.05, 0) is 56.7 Å². The normalized spacial score (nSPS) is 18.9. The van der Waals surface area contributed by atoms with Crippen molar-refractivity contribution in [3.05, 3.63) is 82.6 Å². The second-order valence-corrected chi connectivity index (χ2v) is 16.5. The summed E-state index contributed by atoms with van der Waals surface area (Å²) in [6.45, 7) is 2.77. The van der Waals surface area contributed by atoms with E-state index in [1.54, 1.807) is 60.3 Å². The van der Waals surface area contributed by atoms with Gasteiger partial charge < -0.3 is 24.8 Å². The van der Waals surface area contributed by atoms with E-state index in [-0.39, 0.29) is 73.7 Å². The maximum atomic E-state index is 13.3. The number of aromatic nitrogens is 5. The first-order valence-electron chi connectivity index (χ1n) is 21.6. The van der Waals surface area contributed by atoms with Gasteiger partial charge in [-0.3, -0.25) is 38.8 Å². The first-order valence-corrected chi connectivity index (χ1v) is 21.6. The minimum absolute atomic E-state index is 0.0527. The minimum atomic E-state index is -0.731. The number of imide groups is 1. The fraction of sp³-hybridized carbons (Fsp3) is 0.467. The molecule has 2 atom stereocenters. The summed E-state index contributed by atoms with van der Waals surface area (Å²) in [7, 11) is 3.37. The molecule has 2 aromatic heterocycles. The second-order valence-electron chi connectivity index (χ2n) is 16.5. The lowest BCUT2D eigenvalue weighted by molar-refractivity contribution is -0.137. The van der Waals surface area contributed by atoms with Gasteiger partial charge in [0.2, 0.25) is 23.6 Å². The van der Waals surface area contributed by atoms with Crippen LogP contribution in [-0.4, -0.2) is 97.5 Å². The fourth-order valence-electron chi connectivity index (χ4n) is 9.16. The van der Waals surface area contributed by atoms with Crippen LogP contribution >= 0.6 is 0 Å². The number of hydrogen-bond donors (Lipinski definition) is 2. The molecule has 4 aromatic rings. The highest BCUT2D eigenvalue weighted by atomic mass is 16.5. The maximum absolute atomic E-state index is 13.3. The maximum Gasteiger partial charge on any atom is 0.255 e. The van der Waals surface area contributed by atoms with E-state index >= 15 is 0 Å². The molecule has 1 unspecified atom stereocenters. The van der Waals surface area contributed by atoms with Gasteiger partial charge >= 0.3 is 0 Å².